The monoisotopic (exact) mass is 355 g/mol. The van der Waals surface area contributed by atoms with Crippen LogP contribution in [0.5, 0.6) is 5.75 Å². The number of carbonyl (C=O) groups excluding carboxylic acids is 1. The van der Waals surface area contributed by atoms with E-state index < -0.39 is 20.5 Å². The molecule has 0 saturated heterocycles. The van der Waals surface area contributed by atoms with Gasteiger partial charge in [-0.3, -0.25) is 10.0 Å². The standard InChI is InChI=1S/C17H25NO5S/c1-17(2,16(19)18(20)13-7-5-4-6-8-13)24(21,22)15-11-9-14(23-3)10-12-15/h9-13,20H,4-8H2,1-3H3. The predicted molar refractivity (Wildman–Crippen MR) is 89.8 cm³/mol. The Balaban J connectivity index is 2.26. The molecule has 2 rings (SSSR count). The van der Waals surface area contributed by atoms with Crippen LogP contribution in [0, 0.1) is 0 Å². The maximum absolute atomic E-state index is 12.9. The second-order valence-electron chi connectivity index (χ2n) is 6.63. The number of sulfone groups is 1. The van der Waals surface area contributed by atoms with Gasteiger partial charge >= 0.3 is 0 Å². The fourth-order valence-electron chi connectivity index (χ4n) is 2.93. The lowest BCUT2D eigenvalue weighted by molar-refractivity contribution is -0.180. The average molecular weight is 355 g/mol. The van der Waals surface area contributed by atoms with Crippen LogP contribution in [0.2, 0.25) is 0 Å². The zero-order chi connectivity index (χ0) is 18.0. The third-order valence-electron chi connectivity index (χ3n) is 4.69. The first-order valence-corrected chi connectivity index (χ1v) is 9.61. The predicted octanol–water partition coefficient (Wildman–Crippen LogP) is 2.80. The molecule has 0 atom stereocenters. The highest BCUT2D eigenvalue weighted by molar-refractivity contribution is 7.93. The summed E-state index contributed by atoms with van der Waals surface area (Å²) in [7, 11) is -2.46. The van der Waals surface area contributed by atoms with Crippen LogP contribution in [-0.2, 0) is 14.6 Å². The van der Waals surface area contributed by atoms with Gasteiger partial charge in [-0.05, 0) is 51.0 Å². The lowest BCUT2D eigenvalue weighted by Crippen LogP contribution is -2.52. The van der Waals surface area contributed by atoms with Gasteiger partial charge in [-0.1, -0.05) is 19.3 Å². The minimum absolute atomic E-state index is 0.0266. The van der Waals surface area contributed by atoms with Crippen LogP contribution in [0.3, 0.4) is 0 Å². The number of ether oxygens (including phenoxy) is 1. The highest BCUT2D eigenvalue weighted by atomic mass is 32.2. The quantitative estimate of drug-likeness (QED) is 0.648. The Morgan fingerprint density at radius 3 is 2.21 bits per heavy atom. The van der Waals surface area contributed by atoms with Crippen LogP contribution < -0.4 is 4.74 Å². The Bertz CT molecular complexity index is 675. The first kappa shape index (κ1) is 18.7. The summed E-state index contributed by atoms with van der Waals surface area (Å²) in [5.74, 6) is -0.255. The Kier molecular flexibility index (Phi) is 5.55. The largest absolute Gasteiger partial charge is 0.497 e. The van der Waals surface area contributed by atoms with Crippen molar-refractivity contribution in [3.8, 4) is 5.75 Å². The van der Waals surface area contributed by atoms with E-state index >= 15 is 0 Å². The third kappa shape index (κ3) is 3.42. The second-order valence-corrected chi connectivity index (χ2v) is 9.13. The molecule has 0 unspecified atom stereocenters. The van der Waals surface area contributed by atoms with Gasteiger partial charge in [0.05, 0.1) is 18.0 Å². The summed E-state index contributed by atoms with van der Waals surface area (Å²) in [6, 6.07) is 5.57. The zero-order valence-corrected chi connectivity index (χ0v) is 15.2. The van der Waals surface area contributed by atoms with Gasteiger partial charge in [0, 0.05) is 0 Å². The molecule has 0 aromatic heterocycles. The molecule has 0 aliphatic heterocycles. The van der Waals surface area contributed by atoms with E-state index in [1.165, 1.54) is 45.2 Å². The van der Waals surface area contributed by atoms with Gasteiger partial charge in [-0.2, -0.15) is 0 Å². The molecule has 24 heavy (non-hydrogen) atoms. The Hall–Kier alpha value is -1.60. The molecule has 7 heteroatoms. The van der Waals surface area contributed by atoms with Gasteiger partial charge < -0.3 is 4.74 Å². The van der Waals surface area contributed by atoms with Gasteiger partial charge in [0.15, 0.2) is 14.6 Å². The van der Waals surface area contributed by atoms with Gasteiger partial charge in [0.1, 0.15) is 5.75 Å². The van der Waals surface area contributed by atoms with E-state index in [0.29, 0.717) is 23.7 Å². The van der Waals surface area contributed by atoms with Crippen molar-refractivity contribution in [2.24, 2.45) is 0 Å². The van der Waals surface area contributed by atoms with Gasteiger partial charge in [0.2, 0.25) is 0 Å². The molecule has 0 heterocycles. The Labute approximate surface area is 143 Å². The first-order chi connectivity index (χ1) is 11.2. The van der Waals surface area contributed by atoms with Crippen LogP contribution >= 0.6 is 0 Å². The lowest BCUT2D eigenvalue weighted by Gasteiger charge is -2.34. The number of hydroxylamine groups is 2. The lowest BCUT2D eigenvalue weighted by atomic mass is 9.94. The fourth-order valence-corrected chi connectivity index (χ4v) is 4.34. The van der Waals surface area contributed by atoms with Crippen molar-refractivity contribution >= 4 is 15.7 Å². The number of hydrogen-bond acceptors (Lipinski definition) is 5. The number of hydrogen-bond donors (Lipinski definition) is 1. The van der Waals surface area contributed by atoms with Crippen molar-refractivity contribution in [2.45, 2.75) is 61.6 Å². The molecule has 1 aromatic carbocycles. The molecule has 0 spiro atoms. The summed E-state index contributed by atoms with van der Waals surface area (Å²) in [5, 5.41) is 10.9. The van der Waals surface area contributed by atoms with Crippen molar-refractivity contribution in [3.05, 3.63) is 24.3 Å². The van der Waals surface area contributed by atoms with E-state index in [0.717, 1.165) is 19.3 Å². The first-order valence-electron chi connectivity index (χ1n) is 8.13. The molecule has 1 aliphatic carbocycles. The van der Waals surface area contributed by atoms with E-state index in [4.69, 9.17) is 4.74 Å². The number of nitrogens with zero attached hydrogens (tertiary/aromatic N) is 1. The van der Waals surface area contributed by atoms with Crippen molar-refractivity contribution in [2.75, 3.05) is 7.11 Å². The van der Waals surface area contributed by atoms with E-state index in [9.17, 15) is 18.4 Å². The SMILES string of the molecule is COc1ccc(S(=O)(=O)C(C)(C)C(=O)N(O)C2CCCCC2)cc1. The number of methoxy groups -OCH3 is 1. The summed E-state index contributed by atoms with van der Waals surface area (Å²) in [5.41, 5.74) is 0. The molecule has 1 saturated carbocycles. The van der Waals surface area contributed by atoms with E-state index in [1.54, 1.807) is 0 Å². The molecular formula is C17H25NO5S. The number of carbonyl (C=O) groups is 1. The molecule has 134 valence electrons. The normalized spacial score (nSPS) is 16.7. The third-order valence-corrected chi connectivity index (χ3v) is 7.10. The van der Waals surface area contributed by atoms with Crippen LogP contribution in [-0.4, -0.2) is 42.5 Å². The summed E-state index contributed by atoms with van der Waals surface area (Å²) in [4.78, 5) is 12.7. The molecule has 6 nitrogen and oxygen atoms in total. The maximum Gasteiger partial charge on any atom is 0.267 e. The van der Waals surface area contributed by atoms with E-state index in [2.05, 4.69) is 0 Å². The average Bonchev–Trinajstić information content (AvgIpc) is 2.61. The topological polar surface area (TPSA) is 83.9 Å². The number of benzene rings is 1. The van der Waals surface area contributed by atoms with Crippen LogP contribution in [0.25, 0.3) is 0 Å². The van der Waals surface area contributed by atoms with Crippen LogP contribution in [0.1, 0.15) is 46.0 Å². The van der Waals surface area contributed by atoms with E-state index in [-0.39, 0.29) is 10.9 Å². The van der Waals surface area contributed by atoms with Gasteiger partial charge in [0.25, 0.3) is 5.91 Å². The highest BCUT2D eigenvalue weighted by Crippen LogP contribution is 2.31. The summed E-state index contributed by atoms with van der Waals surface area (Å²) in [6.45, 7) is 2.67. The molecule has 1 N–H and O–H groups in total. The second kappa shape index (κ2) is 7.11. The maximum atomic E-state index is 12.9. The molecule has 0 bridgehead atoms. The van der Waals surface area contributed by atoms with E-state index in [1.807, 2.05) is 0 Å². The minimum Gasteiger partial charge on any atom is -0.497 e. The summed E-state index contributed by atoms with van der Waals surface area (Å²) < 4.78 is 29.0. The smallest absolute Gasteiger partial charge is 0.267 e. The fraction of sp³-hybridized carbons (Fsp3) is 0.588. The highest BCUT2D eigenvalue weighted by Gasteiger charge is 2.46. The van der Waals surface area contributed by atoms with Gasteiger partial charge in [-0.25, -0.2) is 13.5 Å². The Morgan fingerprint density at radius 2 is 1.71 bits per heavy atom. The van der Waals surface area contributed by atoms with Crippen molar-refractivity contribution in [3.63, 3.8) is 0 Å². The van der Waals surface area contributed by atoms with Crippen LogP contribution in [0.4, 0.5) is 0 Å². The molecule has 1 aromatic rings. The molecule has 1 fully saturated rings. The Morgan fingerprint density at radius 1 is 1.17 bits per heavy atom. The molecule has 1 aliphatic rings. The molecular weight excluding hydrogens is 330 g/mol. The van der Waals surface area contributed by atoms with Crippen molar-refractivity contribution in [1.82, 2.24) is 5.06 Å². The summed E-state index contributed by atoms with van der Waals surface area (Å²) in [6.07, 6.45) is 4.33. The summed E-state index contributed by atoms with van der Waals surface area (Å²) >= 11 is 0. The van der Waals surface area contributed by atoms with Crippen LogP contribution in [0.15, 0.2) is 29.2 Å². The molecule has 1 amide bonds. The van der Waals surface area contributed by atoms with Gasteiger partial charge in [-0.15, -0.1) is 0 Å². The molecule has 0 radical (unpaired) electrons. The van der Waals surface area contributed by atoms with Crippen molar-refractivity contribution < 1.29 is 23.2 Å². The number of amides is 1. The minimum atomic E-state index is -3.95. The number of rotatable bonds is 5. The van der Waals surface area contributed by atoms with Crippen molar-refractivity contribution in [1.29, 1.82) is 0 Å². The zero-order valence-electron chi connectivity index (χ0n) is 14.4.